The number of ether oxygens (including phenoxy) is 3. The first kappa shape index (κ1) is 18.4. The Kier molecular flexibility index (Phi) is 5.74. The summed E-state index contributed by atoms with van der Waals surface area (Å²) < 4.78 is 52.8. The number of hydrogen-bond donors (Lipinski definition) is 1. The first-order valence-corrected chi connectivity index (χ1v) is 7.15. The van der Waals surface area contributed by atoms with E-state index in [4.69, 9.17) is 14.2 Å². The van der Waals surface area contributed by atoms with Crippen LogP contribution in [0.4, 0.5) is 18.9 Å². The molecule has 0 aromatic heterocycles. The van der Waals surface area contributed by atoms with E-state index in [0.717, 1.165) is 24.3 Å². The smallest absolute Gasteiger partial charge is 0.416 e. The maximum atomic E-state index is 12.5. The van der Waals surface area contributed by atoms with Gasteiger partial charge >= 0.3 is 6.18 Å². The number of alkyl halides is 3. The largest absolute Gasteiger partial charge is 0.497 e. The van der Waals surface area contributed by atoms with Gasteiger partial charge in [0.1, 0.15) is 17.2 Å². The Hall–Kier alpha value is -2.90. The van der Waals surface area contributed by atoms with Crippen LogP contribution in [0.15, 0.2) is 42.5 Å². The SMILES string of the molecule is COc1ccc(NC(=O)COc2ccc(C(F)(F)F)cc2)c(OC)c1. The van der Waals surface area contributed by atoms with Gasteiger partial charge in [0.05, 0.1) is 25.5 Å². The van der Waals surface area contributed by atoms with Crippen LogP contribution in [0.5, 0.6) is 17.2 Å². The summed E-state index contributed by atoms with van der Waals surface area (Å²) in [5.74, 6) is 0.645. The minimum absolute atomic E-state index is 0.157. The van der Waals surface area contributed by atoms with Crippen molar-refractivity contribution < 1.29 is 32.2 Å². The number of carbonyl (C=O) groups is 1. The second-order valence-electron chi connectivity index (χ2n) is 4.93. The number of carbonyl (C=O) groups excluding carboxylic acids is 1. The van der Waals surface area contributed by atoms with Gasteiger partial charge in [-0.3, -0.25) is 4.79 Å². The molecule has 0 spiro atoms. The Morgan fingerprint density at radius 3 is 2.20 bits per heavy atom. The van der Waals surface area contributed by atoms with Gasteiger partial charge in [-0.15, -0.1) is 0 Å². The second-order valence-corrected chi connectivity index (χ2v) is 4.93. The quantitative estimate of drug-likeness (QED) is 0.858. The summed E-state index contributed by atoms with van der Waals surface area (Å²) in [6.07, 6.45) is -4.42. The fourth-order valence-corrected chi connectivity index (χ4v) is 1.98. The zero-order valence-corrected chi connectivity index (χ0v) is 13.5. The van der Waals surface area contributed by atoms with Crippen LogP contribution in [0.2, 0.25) is 0 Å². The summed E-state index contributed by atoms with van der Waals surface area (Å²) in [5.41, 5.74) is -0.364. The fraction of sp³-hybridized carbons (Fsp3) is 0.235. The van der Waals surface area contributed by atoms with Crippen molar-refractivity contribution in [1.29, 1.82) is 0 Å². The second kappa shape index (κ2) is 7.78. The lowest BCUT2D eigenvalue weighted by Gasteiger charge is -2.12. The monoisotopic (exact) mass is 355 g/mol. The van der Waals surface area contributed by atoms with Crippen molar-refractivity contribution in [1.82, 2.24) is 0 Å². The van der Waals surface area contributed by atoms with E-state index in [1.54, 1.807) is 18.2 Å². The van der Waals surface area contributed by atoms with E-state index >= 15 is 0 Å². The van der Waals surface area contributed by atoms with Crippen molar-refractivity contribution in [2.24, 2.45) is 0 Å². The summed E-state index contributed by atoms with van der Waals surface area (Å²) in [5, 5.41) is 2.59. The minimum atomic E-state index is -4.42. The highest BCUT2D eigenvalue weighted by molar-refractivity contribution is 5.93. The molecule has 134 valence electrons. The lowest BCUT2D eigenvalue weighted by molar-refractivity contribution is -0.137. The Morgan fingerprint density at radius 2 is 1.64 bits per heavy atom. The Balaban J connectivity index is 1.95. The highest BCUT2D eigenvalue weighted by Gasteiger charge is 2.30. The zero-order valence-electron chi connectivity index (χ0n) is 13.5. The van der Waals surface area contributed by atoms with E-state index in [0.29, 0.717) is 17.2 Å². The van der Waals surface area contributed by atoms with Crippen molar-refractivity contribution in [3.05, 3.63) is 48.0 Å². The van der Waals surface area contributed by atoms with Gasteiger partial charge in [0, 0.05) is 6.07 Å². The topological polar surface area (TPSA) is 56.8 Å². The highest BCUT2D eigenvalue weighted by atomic mass is 19.4. The molecule has 0 saturated heterocycles. The number of nitrogens with one attached hydrogen (secondary N) is 1. The van der Waals surface area contributed by atoms with E-state index in [1.165, 1.54) is 14.2 Å². The number of rotatable bonds is 6. The van der Waals surface area contributed by atoms with E-state index in [9.17, 15) is 18.0 Å². The normalized spacial score (nSPS) is 10.9. The molecule has 0 saturated carbocycles. The van der Waals surface area contributed by atoms with Crippen LogP contribution in [0.25, 0.3) is 0 Å². The molecular weight excluding hydrogens is 339 g/mol. The number of anilines is 1. The summed E-state index contributed by atoms with van der Waals surface area (Å²) in [7, 11) is 2.95. The standard InChI is InChI=1S/C17H16F3NO4/c1-23-13-7-8-14(15(9-13)24-2)21-16(22)10-25-12-5-3-11(4-6-12)17(18,19)20/h3-9H,10H2,1-2H3,(H,21,22). The molecule has 0 fully saturated rings. The van der Waals surface area contributed by atoms with Gasteiger partial charge in [-0.2, -0.15) is 13.2 Å². The van der Waals surface area contributed by atoms with E-state index in [2.05, 4.69) is 5.32 Å². The Bertz CT molecular complexity index is 730. The molecule has 0 radical (unpaired) electrons. The number of benzene rings is 2. The summed E-state index contributed by atoms with van der Waals surface area (Å²) in [4.78, 5) is 11.9. The first-order chi connectivity index (χ1) is 11.8. The average molecular weight is 355 g/mol. The predicted octanol–water partition coefficient (Wildman–Crippen LogP) is 3.74. The number of halogens is 3. The molecule has 0 heterocycles. The molecule has 2 aromatic carbocycles. The molecule has 1 N–H and O–H groups in total. The maximum absolute atomic E-state index is 12.5. The van der Waals surface area contributed by atoms with Crippen molar-refractivity contribution in [2.45, 2.75) is 6.18 Å². The number of hydrogen-bond acceptors (Lipinski definition) is 4. The molecule has 5 nitrogen and oxygen atoms in total. The molecular formula is C17H16F3NO4. The van der Waals surface area contributed by atoms with Crippen LogP contribution in [0.3, 0.4) is 0 Å². The lowest BCUT2D eigenvalue weighted by atomic mass is 10.2. The molecule has 1 amide bonds. The molecule has 25 heavy (non-hydrogen) atoms. The third kappa shape index (κ3) is 5.03. The molecule has 0 unspecified atom stereocenters. The van der Waals surface area contributed by atoms with Gasteiger partial charge in [-0.05, 0) is 36.4 Å². The van der Waals surface area contributed by atoms with E-state index in [1.807, 2.05) is 0 Å². The third-order valence-electron chi connectivity index (χ3n) is 3.23. The van der Waals surface area contributed by atoms with Crippen LogP contribution in [-0.2, 0) is 11.0 Å². The van der Waals surface area contributed by atoms with Crippen LogP contribution in [0.1, 0.15) is 5.56 Å². The molecule has 0 bridgehead atoms. The molecule has 0 aliphatic heterocycles. The number of methoxy groups -OCH3 is 2. The lowest BCUT2D eigenvalue weighted by Crippen LogP contribution is -2.20. The summed E-state index contributed by atoms with van der Waals surface area (Å²) >= 11 is 0. The molecule has 0 aliphatic rings. The van der Waals surface area contributed by atoms with E-state index < -0.39 is 17.6 Å². The zero-order chi connectivity index (χ0) is 18.4. The number of amides is 1. The fourth-order valence-electron chi connectivity index (χ4n) is 1.98. The average Bonchev–Trinajstić information content (AvgIpc) is 2.60. The molecule has 2 aromatic rings. The predicted molar refractivity (Wildman–Crippen MR) is 85.1 cm³/mol. The van der Waals surface area contributed by atoms with Crippen molar-refractivity contribution in [2.75, 3.05) is 26.1 Å². The minimum Gasteiger partial charge on any atom is -0.497 e. The van der Waals surface area contributed by atoms with Crippen molar-refractivity contribution in [3.63, 3.8) is 0 Å². The van der Waals surface area contributed by atoms with Gasteiger partial charge in [0.25, 0.3) is 5.91 Å². The van der Waals surface area contributed by atoms with Gasteiger partial charge in [-0.25, -0.2) is 0 Å². The van der Waals surface area contributed by atoms with Crippen molar-refractivity contribution >= 4 is 11.6 Å². The van der Waals surface area contributed by atoms with Gasteiger partial charge in [-0.1, -0.05) is 0 Å². The van der Waals surface area contributed by atoms with Gasteiger partial charge in [0.15, 0.2) is 6.61 Å². The van der Waals surface area contributed by atoms with Crippen LogP contribution in [-0.4, -0.2) is 26.7 Å². The van der Waals surface area contributed by atoms with Crippen molar-refractivity contribution in [3.8, 4) is 17.2 Å². The van der Waals surface area contributed by atoms with Gasteiger partial charge in [0.2, 0.25) is 0 Å². The summed E-state index contributed by atoms with van der Waals surface area (Å²) in [6.45, 7) is -0.361. The molecule has 2 rings (SSSR count). The van der Waals surface area contributed by atoms with Crippen LogP contribution in [0, 0.1) is 0 Å². The van der Waals surface area contributed by atoms with Gasteiger partial charge < -0.3 is 19.5 Å². The molecule has 0 atom stereocenters. The first-order valence-electron chi connectivity index (χ1n) is 7.15. The summed E-state index contributed by atoms with van der Waals surface area (Å²) in [6, 6.07) is 8.95. The Labute approximate surface area is 142 Å². The Morgan fingerprint density at radius 1 is 1.00 bits per heavy atom. The highest BCUT2D eigenvalue weighted by Crippen LogP contribution is 2.30. The molecule has 0 aliphatic carbocycles. The third-order valence-corrected chi connectivity index (χ3v) is 3.23. The van der Waals surface area contributed by atoms with Crippen LogP contribution >= 0.6 is 0 Å². The molecule has 8 heteroatoms. The van der Waals surface area contributed by atoms with Crippen LogP contribution < -0.4 is 19.5 Å². The van der Waals surface area contributed by atoms with E-state index in [-0.39, 0.29) is 12.4 Å². The maximum Gasteiger partial charge on any atom is 0.416 e.